The van der Waals surface area contributed by atoms with Crippen LogP contribution < -0.4 is 4.72 Å². The Kier molecular flexibility index (Phi) is 4.05. The van der Waals surface area contributed by atoms with E-state index in [1.165, 1.54) is 6.07 Å². The monoisotopic (exact) mass is 331 g/mol. The lowest BCUT2D eigenvalue weighted by Gasteiger charge is -2.09. The summed E-state index contributed by atoms with van der Waals surface area (Å²) in [6.07, 6.45) is 0.956. The third-order valence-electron chi connectivity index (χ3n) is 2.44. The molecule has 21 heavy (non-hydrogen) atoms. The van der Waals surface area contributed by atoms with Gasteiger partial charge in [-0.25, -0.2) is 17.8 Å². The highest BCUT2D eigenvalue weighted by Crippen LogP contribution is 2.29. The van der Waals surface area contributed by atoms with Crippen molar-refractivity contribution >= 4 is 33.0 Å². The molecule has 0 aliphatic heterocycles. The van der Waals surface area contributed by atoms with Crippen LogP contribution in [0.2, 0.25) is 5.15 Å². The summed E-state index contributed by atoms with van der Waals surface area (Å²) in [5.41, 5.74) is -1.43. The molecule has 0 radical (unpaired) electrons. The number of nitro groups is 1. The predicted molar refractivity (Wildman–Crippen MR) is 73.1 cm³/mol. The molecule has 0 atom stereocenters. The summed E-state index contributed by atoms with van der Waals surface area (Å²) in [4.78, 5) is 13.2. The molecule has 0 aliphatic carbocycles. The van der Waals surface area contributed by atoms with E-state index in [0.29, 0.717) is 0 Å². The number of rotatable bonds is 4. The zero-order valence-electron chi connectivity index (χ0n) is 10.2. The molecule has 10 heteroatoms. The maximum atomic E-state index is 13.7. The SMILES string of the molecule is O=[N+]([O-])c1cccc(F)c1NS(=O)(=O)c1ccc(Cl)nc1. The second-order valence-corrected chi connectivity index (χ2v) is 5.88. The highest BCUT2D eigenvalue weighted by Gasteiger charge is 2.24. The summed E-state index contributed by atoms with van der Waals surface area (Å²) < 4.78 is 39.6. The molecule has 0 bridgehead atoms. The Bertz CT molecular complexity index is 796. The summed E-state index contributed by atoms with van der Waals surface area (Å²) in [6, 6.07) is 5.37. The lowest BCUT2D eigenvalue weighted by Crippen LogP contribution is -2.15. The average Bonchev–Trinajstić information content (AvgIpc) is 2.41. The van der Waals surface area contributed by atoms with Gasteiger partial charge in [0.25, 0.3) is 15.7 Å². The van der Waals surface area contributed by atoms with Gasteiger partial charge in [-0.2, -0.15) is 0 Å². The molecule has 1 aromatic carbocycles. The molecule has 2 rings (SSSR count). The van der Waals surface area contributed by atoms with E-state index in [9.17, 15) is 22.9 Å². The van der Waals surface area contributed by atoms with Gasteiger partial charge in [0.1, 0.15) is 10.0 Å². The van der Waals surface area contributed by atoms with E-state index >= 15 is 0 Å². The molecule has 0 saturated carbocycles. The van der Waals surface area contributed by atoms with Crippen molar-refractivity contribution < 1.29 is 17.7 Å². The van der Waals surface area contributed by atoms with E-state index in [0.717, 1.165) is 30.5 Å². The van der Waals surface area contributed by atoms with Gasteiger partial charge in [0.2, 0.25) is 0 Å². The molecular formula is C11H7ClFN3O4S. The van der Waals surface area contributed by atoms with E-state index in [4.69, 9.17) is 11.6 Å². The van der Waals surface area contributed by atoms with Crippen LogP contribution in [-0.2, 0) is 10.0 Å². The van der Waals surface area contributed by atoms with Crippen LogP contribution in [-0.4, -0.2) is 18.3 Å². The van der Waals surface area contributed by atoms with Gasteiger partial charge < -0.3 is 0 Å². The molecule has 1 aromatic heterocycles. The summed E-state index contributed by atoms with van der Waals surface area (Å²) in [6.45, 7) is 0. The normalized spacial score (nSPS) is 11.1. The van der Waals surface area contributed by atoms with Crippen molar-refractivity contribution in [2.24, 2.45) is 0 Å². The number of para-hydroxylation sites is 1. The van der Waals surface area contributed by atoms with Crippen LogP contribution >= 0.6 is 11.6 Å². The molecule has 0 amide bonds. The lowest BCUT2D eigenvalue weighted by atomic mass is 10.2. The Morgan fingerprint density at radius 2 is 2.00 bits per heavy atom. The van der Waals surface area contributed by atoms with Crippen LogP contribution in [0, 0.1) is 15.9 Å². The van der Waals surface area contributed by atoms with Crippen molar-refractivity contribution in [1.29, 1.82) is 0 Å². The first-order chi connectivity index (χ1) is 9.81. The topological polar surface area (TPSA) is 102 Å². The Morgan fingerprint density at radius 1 is 1.29 bits per heavy atom. The number of nitrogens with zero attached hydrogens (tertiary/aromatic N) is 2. The first kappa shape index (κ1) is 15.1. The molecule has 0 unspecified atom stereocenters. The minimum absolute atomic E-state index is 0.0748. The van der Waals surface area contributed by atoms with E-state index in [2.05, 4.69) is 4.98 Å². The van der Waals surface area contributed by atoms with Crippen molar-refractivity contribution in [1.82, 2.24) is 4.98 Å². The Morgan fingerprint density at radius 3 is 2.57 bits per heavy atom. The number of halogens is 2. The largest absolute Gasteiger partial charge is 0.296 e. The van der Waals surface area contributed by atoms with Gasteiger partial charge >= 0.3 is 0 Å². The Balaban J connectivity index is 2.46. The number of nitrogens with one attached hydrogen (secondary N) is 1. The molecule has 1 N–H and O–H groups in total. The predicted octanol–water partition coefficient (Wildman–Crippen LogP) is 2.58. The number of sulfonamides is 1. The third-order valence-corrected chi connectivity index (χ3v) is 3.99. The maximum absolute atomic E-state index is 13.7. The highest BCUT2D eigenvalue weighted by atomic mass is 35.5. The van der Waals surface area contributed by atoms with Gasteiger partial charge in [-0.3, -0.25) is 14.8 Å². The first-order valence-electron chi connectivity index (χ1n) is 5.38. The Hall–Kier alpha value is -2.26. The molecule has 0 saturated heterocycles. The number of pyridine rings is 1. The van der Waals surface area contributed by atoms with Gasteiger partial charge in [-0.15, -0.1) is 0 Å². The fourth-order valence-electron chi connectivity index (χ4n) is 1.48. The van der Waals surface area contributed by atoms with Crippen LogP contribution in [0.25, 0.3) is 0 Å². The second-order valence-electron chi connectivity index (χ2n) is 3.81. The fraction of sp³-hybridized carbons (Fsp3) is 0. The number of anilines is 1. The summed E-state index contributed by atoms with van der Waals surface area (Å²) in [5.74, 6) is -1.06. The molecule has 0 aliphatic rings. The van der Waals surface area contributed by atoms with Gasteiger partial charge in [-0.1, -0.05) is 17.7 Å². The molecule has 0 fully saturated rings. The smallest absolute Gasteiger partial charge is 0.271 e. The number of hydrogen-bond acceptors (Lipinski definition) is 5. The van der Waals surface area contributed by atoms with Crippen LogP contribution in [0.3, 0.4) is 0 Å². The minimum atomic E-state index is -4.22. The maximum Gasteiger partial charge on any atom is 0.296 e. The molecule has 0 spiro atoms. The second kappa shape index (κ2) is 5.62. The summed E-state index contributed by atoms with van der Waals surface area (Å²) in [5, 5.41) is 10.9. The van der Waals surface area contributed by atoms with Crippen LogP contribution in [0.15, 0.2) is 41.4 Å². The summed E-state index contributed by atoms with van der Waals surface area (Å²) in [7, 11) is -4.22. The molecule has 1 heterocycles. The van der Waals surface area contributed by atoms with E-state index in [-0.39, 0.29) is 10.0 Å². The van der Waals surface area contributed by atoms with Crippen LogP contribution in [0.5, 0.6) is 0 Å². The lowest BCUT2D eigenvalue weighted by molar-refractivity contribution is -0.384. The van der Waals surface area contributed by atoms with Crippen molar-refractivity contribution in [3.63, 3.8) is 0 Å². The van der Waals surface area contributed by atoms with Gasteiger partial charge in [0, 0.05) is 12.3 Å². The van der Waals surface area contributed by atoms with Crippen LogP contribution in [0.4, 0.5) is 15.8 Å². The molecule has 2 aromatic rings. The fourth-order valence-corrected chi connectivity index (χ4v) is 2.62. The number of aromatic nitrogens is 1. The van der Waals surface area contributed by atoms with Crippen LogP contribution in [0.1, 0.15) is 0 Å². The third kappa shape index (κ3) is 3.26. The zero-order valence-corrected chi connectivity index (χ0v) is 11.7. The number of hydrogen-bond donors (Lipinski definition) is 1. The van der Waals surface area contributed by atoms with Crippen molar-refractivity contribution in [3.05, 3.63) is 57.6 Å². The Labute approximate surface area is 123 Å². The first-order valence-corrected chi connectivity index (χ1v) is 7.24. The average molecular weight is 332 g/mol. The number of nitro benzene ring substituents is 1. The minimum Gasteiger partial charge on any atom is -0.271 e. The van der Waals surface area contributed by atoms with Gasteiger partial charge in [0.15, 0.2) is 11.5 Å². The van der Waals surface area contributed by atoms with Crippen molar-refractivity contribution in [2.45, 2.75) is 4.90 Å². The quantitative estimate of drug-likeness (QED) is 0.527. The molecule has 7 nitrogen and oxygen atoms in total. The van der Waals surface area contributed by atoms with Crippen molar-refractivity contribution in [3.8, 4) is 0 Å². The van der Waals surface area contributed by atoms with E-state index in [1.807, 2.05) is 4.72 Å². The van der Waals surface area contributed by atoms with Gasteiger partial charge in [0.05, 0.1) is 4.92 Å². The van der Waals surface area contributed by atoms with Gasteiger partial charge in [-0.05, 0) is 18.2 Å². The van der Waals surface area contributed by atoms with E-state index in [1.54, 1.807) is 0 Å². The standard InChI is InChI=1S/C11H7ClFN3O4S/c12-10-5-4-7(6-14-10)21(19,20)15-11-8(13)2-1-3-9(11)16(17)18/h1-6,15H. The van der Waals surface area contributed by atoms with E-state index < -0.39 is 32.1 Å². The molecular weight excluding hydrogens is 325 g/mol. The highest BCUT2D eigenvalue weighted by molar-refractivity contribution is 7.92. The van der Waals surface area contributed by atoms with Crippen molar-refractivity contribution in [2.75, 3.05) is 4.72 Å². The summed E-state index contributed by atoms with van der Waals surface area (Å²) >= 11 is 5.54. The number of benzene rings is 1. The molecule has 110 valence electrons. The zero-order chi connectivity index (χ0) is 15.6.